The van der Waals surface area contributed by atoms with Crippen LogP contribution >= 0.6 is 0 Å². The van der Waals surface area contributed by atoms with E-state index in [4.69, 9.17) is 4.74 Å². The van der Waals surface area contributed by atoms with Crippen molar-refractivity contribution in [1.82, 2.24) is 10.2 Å². The molecule has 114 valence electrons. The third-order valence-electron chi connectivity index (χ3n) is 4.43. The van der Waals surface area contributed by atoms with Gasteiger partial charge in [-0.25, -0.2) is 0 Å². The molecule has 1 rings (SSSR count). The van der Waals surface area contributed by atoms with Gasteiger partial charge in [-0.3, -0.25) is 4.90 Å². The Balaban J connectivity index is 2.56. The number of rotatable bonds is 7. The largest absolute Gasteiger partial charge is 0.377 e. The summed E-state index contributed by atoms with van der Waals surface area (Å²) >= 11 is 0. The van der Waals surface area contributed by atoms with E-state index >= 15 is 0 Å². The van der Waals surface area contributed by atoms with Gasteiger partial charge in [0.1, 0.15) is 0 Å². The van der Waals surface area contributed by atoms with Crippen LogP contribution in [-0.4, -0.2) is 49.8 Å². The summed E-state index contributed by atoms with van der Waals surface area (Å²) in [4.78, 5) is 2.50. The molecule has 0 saturated heterocycles. The van der Waals surface area contributed by atoms with Gasteiger partial charge in [0, 0.05) is 18.6 Å². The minimum Gasteiger partial charge on any atom is -0.377 e. The monoisotopic (exact) mass is 270 g/mol. The zero-order chi connectivity index (χ0) is 14.5. The Morgan fingerprint density at radius 1 is 1.37 bits per heavy atom. The Labute approximate surface area is 120 Å². The van der Waals surface area contributed by atoms with Crippen molar-refractivity contribution < 1.29 is 4.74 Å². The molecule has 0 amide bonds. The predicted octanol–water partition coefficient (Wildman–Crippen LogP) is 2.90. The first-order valence-electron chi connectivity index (χ1n) is 7.93. The van der Waals surface area contributed by atoms with Gasteiger partial charge in [-0.2, -0.15) is 0 Å². The Morgan fingerprint density at radius 3 is 2.63 bits per heavy atom. The molecule has 0 aliphatic heterocycles. The molecular formula is C16H34N2O. The van der Waals surface area contributed by atoms with Gasteiger partial charge in [0.15, 0.2) is 0 Å². The van der Waals surface area contributed by atoms with Crippen molar-refractivity contribution in [2.45, 2.75) is 72.1 Å². The lowest BCUT2D eigenvalue weighted by molar-refractivity contribution is 0.0242. The highest BCUT2D eigenvalue weighted by molar-refractivity contribution is 4.97. The van der Waals surface area contributed by atoms with Gasteiger partial charge in [-0.15, -0.1) is 0 Å². The summed E-state index contributed by atoms with van der Waals surface area (Å²) in [6.45, 7) is 14.2. The van der Waals surface area contributed by atoms with Crippen molar-refractivity contribution in [3.05, 3.63) is 0 Å². The minimum atomic E-state index is 0.334. The molecule has 2 atom stereocenters. The molecule has 0 aromatic carbocycles. The molecule has 1 saturated carbocycles. The van der Waals surface area contributed by atoms with Crippen LogP contribution in [0.2, 0.25) is 0 Å². The van der Waals surface area contributed by atoms with Crippen LogP contribution < -0.4 is 5.32 Å². The van der Waals surface area contributed by atoms with Crippen LogP contribution in [0, 0.1) is 5.41 Å². The summed E-state index contributed by atoms with van der Waals surface area (Å²) in [5, 5.41) is 3.72. The highest BCUT2D eigenvalue weighted by Gasteiger charge is 2.39. The Hall–Kier alpha value is -0.120. The van der Waals surface area contributed by atoms with Crippen molar-refractivity contribution in [3.63, 3.8) is 0 Å². The summed E-state index contributed by atoms with van der Waals surface area (Å²) in [7, 11) is 2.25. The van der Waals surface area contributed by atoms with Crippen molar-refractivity contribution in [2.24, 2.45) is 5.41 Å². The quantitative estimate of drug-likeness (QED) is 0.770. The van der Waals surface area contributed by atoms with Crippen LogP contribution in [0.15, 0.2) is 0 Å². The van der Waals surface area contributed by atoms with Gasteiger partial charge >= 0.3 is 0 Å². The molecule has 1 N–H and O–H groups in total. The molecule has 0 radical (unpaired) electrons. The van der Waals surface area contributed by atoms with Gasteiger partial charge in [-0.05, 0) is 45.7 Å². The highest BCUT2D eigenvalue weighted by Crippen LogP contribution is 2.37. The number of nitrogens with one attached hydrogen (secondary N) is 1. The standard InChI is InChI=1S/C16H34N2O/c1-7-17-15-14(9-8-10-16(15,4)5)18(6)11-12-19-13(2)3/h13-15,17H,7-12H2,1-6H3. The number of hydrogen-bond donors (Lipinski definition) is 1. The summed E-state index contributed by atoms with van der Waals surface area (Å²) in [5.41, 5.74) is 0.395. The average molecular weight is 270 g/mol. The topological polar surface area (TPSA) is 24.5 Å². The zero-order valence-corrected chi connectivity index (χ0v) is 13.8. The van der Waals surface area contributed by atoms with E-state index in [-0.39, 0.29) is 0 Å². The first kappa shape index (κ1) is 16.9. The van der Waals surface area contributed by atoms with E-state index in [1.807, 2.05) is 0 Å². The van der Waals surface area contributed by atoms with Gasteiger partial charge in [0.05, 0.1) is 12.7 Å². The van der Waals surface area contributed by atoms with Gasteiger partial charge in [0.2, 0.25) is 0 Å². The Morgan fingerprint density at radius 2 is 2.05 bits per heavy atom. The van der Waals surface area contributed by atoms with E-state index in [1.165, 1.54) is 19.3 Å². The Kier molecular flexibility index (Phi) is 6.78. The van der Waals surface area contributed by atoms with Crippen molar-refractivity contribution in [1.29, 1.82) is 0 Å². The van der Waals surface area contributed by atoms with Crippen LogP contribution in [0.4, 0.5) is 0 Å². The third kappa shape index (κ3) is 5.05. The summed E-state index contributed by atoms with van der Waals surface area (Å²) < 4.78 is 5.69. The molecular weight excluding hydrogens is 236 g/mol. The molecule has 19 heavy (non-hydrogen) atoms. The molecule has 1 aliphatic carbocycles. The van der Waals surface area contributed by atoms with Crippen LogP contribution in [-0.2, 0) is 4.74 Å². The number of nitrogens with zero attached hydrogens (tertiary/aromatic N) is 1. The lowest BCUT2D eigenvalue weighted by Crippen LogP contribution is -2.58. The van der Waals surface area contributed by atoms with Gasteiger partial charge < -0.3 is 10.1 Å². The number of likely N-dealkylation sites (N-methyl/N-ethyl adjacent to an activating group) is 2. The molecule has 1 fully saturated rings. The van der Waals surface area contributed by atoms with Crippen molar-refractivity contribution in [2.75, 3.05) is 26.7 Å². The average Bonchev–Trinajstić information content (AvgIpc) is 2.31. The van der Waals surface area contributed by atoms with Crippen LogP contribution in [0.1, 0.15) is 53.9 Å². The van der Waals surface area contributed by atoms with Crippen molar-refractivity contribution in [3.8, 4) is 0 Å². The second-order valence-corrected chi connectivity index (χ2v) is 6.88. The van der Waals surface area contributed by atoms with Crippen LogP contribution in [0.25, 0.3) is 0 Å². The number of hydrogen-bond acceptors (Lipinski definition) is 3. The zero-order valence-electron chi connectivity index (χ0n) is 13.8. The second kappa shape index (κ2) is 7.61. The molecule has 0 aromatic heterocycles. The molecule has 3 nitrogen and oxygen atoms in total. The molecule has 0 heterocycles. The van der Waals surface area contributed by atoms with Crippen LogP contribution in [0.5, 0.6) is 0 Å². The molecule has 0 spiro atoms. The van der Waals surface area contributed by atoms with E-state index < -0.39 is 0 Å². The first-order valence-corrected chi connectivity index (χ1v) is 7.93. The minimum absolute atomic E-state index is 0.334. The van der Waals surface area contributed by atoms with Crippen LogP contribution in [0.3, 0.4) is 0 Å². The fourth-order valence-electron chi connectivity index (χ4n) is 3.32. The lowest BCUT2D eigenvalue weighted by Gasteiger charge is -2.48. The van der Waals surface area contributed by atoms with E-state index in [9.17, 15) is 0 Å². The maximum absolute atomic E-state index is 5.69. The molecule has 0 aromatic rings. The predicted molar refractivity (Wildman–Crippen MR) is 82.6 cm³/mol. The first-order chi connectivity index (χ1) is 8.88. The maximum atomic E-state index is 5.69. The van der Waals surface area contributed by atoms with E-state index in [0.717, 1.165) is 19.7 Å². The fraction of sp³-hybridized carbons (Fsp3) is 1.00. The molecule has 3 heteroatoms. The number of ether oxygens (including phenoxy) is 1. The molecule has 1 aliphatic rings. The Bertz CT molecular complexity index is 253. The normalized spacial score (nSPS) is 27.2. The molecule has 0 bridgehead atoms. The van der Waals surface area contributed by atoms with Gasteiger partial charge in [-0.1, -0.05) is 27.2 Å². The van der Waals surface area contributed by atoms with E-state index in [0.29, 0.717) is 23.6 Å². The maximum Gasteiger partial charge on any atom is 0.0596 e. The second-order valence-electron chi connectivity index (χ2n) is 6.88. The summed E-state index contributed by atoms with van der Waals surface area (Å²) in [6.07, 6.45) is 4.31. The summed E-state index contributed by atoms with van der Waals surface area (Å²) in [6, 6.07) is 1.23. The SMILES string of the molecule is CCNC1C(N(C)CCOC(C)C)CCCC1(C)C. The van der Waals surface area contributed by atoms with Gasteiger partial charge in [0.25, 0.3) is 0 Å². The summed E-state index contributed by atoms with van der Waals surface area (Å²) in [5.74, 6) is 0. The van der Waals surface area contributed by atoms with E-state index in [1.54, 1.807) is 0 Å². The van der Waals surface area contributed by atoms with Crippen molar-refractivity contribution >= 4 is 0 Å². The fourth-order valence-corrected chi connectivity index (χ4v) is 3.32. The smallest absolute Gasteiger partial charge is 0.0596 e. The third-order valence-corrected chi connectivity index (χ3v) is 4.43. The highest BCUT2D eigenvalue weighted by atomic mass is 16.5. The van der Waals surface area contributed by atoms with E-state index in [2.05, 4.69) is 51.9 Å². The lowest BCUT2D eigenvalue weighted by atomic mass is 9.70. The molecule has 2 unspecified atom stereocenters.